The number of likely N-dealkylation sites (tertiary alicyclic amines) is 1. The van der Waals surface area contributed by atoms with Crippen molar-refractivity contribution in [1.29, 1.82) is 0 Å². The standard InChI is InChI=1S/C19H26ClN3O5/c1-27-17-9-15(21)14(20)8-13(17)19(26)22-16-5-7-23(10-12(16)11-24)6-3-4-18(25)28-2/h8-9,11-12,16H,3-7,10,21H2,1-2H3,(H,22,26)/t12-,16-/m1/s1. The molecule has 1 aromatic rings. The zero-order valence-electron chi connectivity index (χ0n) is 16.1. The Kier molecular flexibility index (Phi) is 8.07. The molecule has 3 N–H and O–H groups in total. The summed E-state index contributed by atoms with van der Waals surface area (Å²) >= 11 is 6.03. The number of nitrogens with one attached hydrogen (secondary N) is 1. The van der Waals surface area contributed by atoms with E-state index in [9.17, 15) is 14.4 Å². The van der Waals surface area contributed by atoms with Crippen molar-refractivity contribution in [3.63, 3.8) is 0 Å². The van der Waals surface area contributed by atoms with Crippen LogP contribution in [0.15, 0.2) is 12.1 Å². The van der Waals surface area contributed by atoms with Gasteiger partial charge in [-0.1, -0.05) is 11.6 Å². The van der Waals surface area contributed by atoms with Crippen LogP contribution < -0.4 is 15.8 Å². The van der Waals surface area contributed by atoms with Crippen LogP contribution >= 0.6 is 11.6 Å². The number of anilines is 1. The molecule has 0 radical (unpaired) electrons. The van der Waals surface area contributed by atoms with Crippen molar-refractivity contribution in [3.8, 4) is 5.75 Å². The molecule has 1 aromatic carbocycles. The molecule has 1 aliphatic heterocycles. The summed E-state index contributed by atoms with van der Waals surface area (Å²) < 4.78 is 9.85. The molecule has 154 valence electrons. The molecule has 1 saturated heterocycles. The van der Waals surface area contributed by atoms with E-state index in [1.54, 1.807) is 0 Å². The van der Waals surface area contributed by atoms with Gasteiger partial charge in [0.2, 0.25) is 0 Å². The lowest BCUT2D eigenvalue weighted by Gasteiger charge is -2.36. The number of rotatable bonds is 8. The van der Waals surface area contributed by atoms with Gasteiger partial charge in [0.05, 0.1) is 30.5 Å². The monoisotopic (exact) mass is 411 g/mol. The molecule has 0 unspecified atom stereocenters. The van der Waals surface area contributed by atoms with Crippen LogP contribution in [0.25, 0.3) is 0 Å². The zero-order chi connectivity index (χ0) is 20.7. The minimum absolute atomic E-state index is 0.245. The predicted octanol–water partition coefficient (Wildman–Crippen LogP) is 1.50. The highest BCUT2D eigenvalue weighted by molar-refractivity contribution is 6.33. The summed E-state index contributed by atoms with van der Waals surface area (Å²) in [4.78, 5) is 37.6. The number of esters is 1. The molecule has 0 bridgehead atoms. The van der Waals surface area contributed by atoms with Crippen molar-refractivity contribution >= 4 is 35.5 Å². The summed E-state index contributed by atoms with van der Waals surface area (Å²) in [5.74, 6) is -0.631. The van der Waals surface area contributed by atoms with Crippen LogP contribution in [0.1, 0.15) is 29.6 Å². The van der Waals surface area contributed by atoms with Gasteiger partial charge in [0, 0.05) is 37.5 Å². The smallest absolute Gasteiger partial charge is 0.305 e. The summed E-state index contributed by atoms with van der Waals surface area (Å²) in [5.41, 5.74) is 6.34. The summed E-state index contributed by atoms with van der Waals surface area (Å²) in [7, 11) is 2.81. The Morgan fingerprint density at radius 1 is 1.39 bits per heavy atom. The third-order valence-corrected chi connectivity index (χ3v) is 5.21. The fraction of sp³-hybridized carbons (Fsp3) is 0.526. The highest BCUT2D eigenvalue weighted by Gasteiger charge is 2.31. The first-order valence-corrected chi connectivity index (χ1v) is 9.45. The van der Waals surface area contributed by atoms with Gasteiger partial charge in [-0.2, -0.15) is 0 Å². The third-order valence-electron chi connectivity index (χ3n) is 4.88. The molecular weight excluding hydrogens is 386 g/mol. The molecule has 0 aliphatic carbocycles. The Labute approximate surface area is 169 Å². The number of hydrogen-bond donors (Lipinski definition) is 2. The number of methoxy groups -OCH3 is 2. The summed E-state index contributed by atoms with van der Waals surface area (Å²) in [6.45, 7) is 1.94. The van der Waals surface area contributed by atoms with E-state index in [1.165, 1.54) is 26.4 Å². The Morgan fingerprint density at radius 2 is 2.14 bits per heavy atom. The first kappa shape index (κ1) is 22.0. The van der Waals surface area contributed by atoms with Gasteiger partial charge in [-0.15, -0.1) is 0 Å². The molecule has 1 heterocycles. The average molecular weight is 412 g/mol. The molecule has 1 amide bonds. The molecule has 1 fully saturated rings. The number of benzene rings is 1. The predicted molar refractivity (Wildman–Crippen MR) is 106 cm³/mol. The van der Waals surface area contributed by atoms with Gasteiger partial charge in [0.25, 0.3) is 5.91 Å². The van der Waals surface area contributed by atoms with Crippen molar-refractivity contribution < 1.29 is 23.9 Å². The van der Waals surface area contributed by atoms with E-state index in [2.05, 4.69) is 15.0 Å². The van der Waals surface area contributed by atoms with Crippen molar-refractivity contribution in [2.75, 3.05) is 39.6 Å². The minimum Gasteiger partial charge on any atom is -0.496 e. The second kappa shape index (κ2) is 10.3. The Balaban J connectivity index is 1.97. The van der Waals surface area contributed by atoms with Crippen molar-refractivity contribution in [2.24, 2.45) is 5.92 Å². The van der Waals surface area contributed by atoms with E-state index in [1.807, 2.05) is 0 Å². The van der Waals surface area contributed by atoms with Gasteiger partial charge in [0.15, 0.2) is 0 Å². The first-order valence-electron chi connectivity index (χ1n) is 9.08. The van der Waals surface area contributed by atoms with E-state index in [4.69, 9.17) is 22.1 Å². The van der Waals surface area contributed by atoms with Gasteiger partial charge in [-0.05, 0) is 25.5 Å². The van der Waals surface area contributed by atoms with Gasteiger partial charge < -0.3 is 30.2 Å². The molecule has 8 nitrogen and oxygen atoms in total. The van der Waals surface area contributed by atoms with E-state index < -0.39 is 0 Å². The number of nitrogens with zero attached hydrogens (tertiary/aromatic N) is 1. The first-order chi connectivity index (χ1) is 13.4. The lowest BCUT2D eigenvalue weighted by molar-refractivity contribution is -0.140. The van der Waals surface area contributed by atoms with Gasteiger partial charge in [0.1, 0.15) is 12.0 Å². The highest BCUT2D eigenvalue weighted by Crippen LogP contribution is 2.29. The lowest BCUT2D eigenvalue weighted by Crippen LogP contribution is -2.51. The number of halogens is 1. The molecular formula is C19H26ClN3O5. The summed E-state index contributed by atoms with van der Waals surface area (Å²) in [6.07, 6.45) is 2.50. The second-order valence-electron chi connectivity index (χ2n) is 6.72. The van der Waals surface area contributed by atoms with Crippen molar-refractivity contribution in [2.45, 2.75) is 25.3 Å². The van der Waals surface area contributed by atoms with Crippen LogP contribution in [-0.2, 0) is 14.3 Å². The molecule has 9 heteroatoms. The number of ether oxygens (including phenoxy) is 2. The van der Waals surface area contributed by atoms with Crippen LogP contribution in [-0.4, -0.2) is 63.0 Å². The minimum atomic E-state index is -0.366. The fourth-order valence-corrected chi connectivity index (χ4v) is 3.45. The summed E-state index contributed by atoms with van der Waals surface area (Å²) in [6, 6.07) is 2.67. The number of piperidine rings is 1. The number of nitrogen functional groups attached to an aromatic ring is 1. The van der Waals surface area contributed by atoms with Crippen molar-refractivity contribution in [1.82, 2.24) is 10.2 Å². The number of carbonyl (C=O) groups is 3. The highest BCUT2D eigenvalue weighted by atomic mass is 35.5. The third kappa shape index (κ3) is 5.59. The lowest BCUT2D eigenvalue weighted by atomic mass is 9.92. The van der Waals surface area contributed by atoms with Crippen LogP contribution in [0.3, 0.4) is 0 Å². The zero-order valence-corrected chi connectivity index (χ0v) is 16.8. The maximum Gasteiger partial charge on any atom is 0.305 e. The van der Waals surface area contributed by atoms with Crippen LogP contribution in [0, 0.1) is 5.92 Å². The Hall–Kier alpha value is -2.32. The van der Waals surface area contributed by atoms with Crippen LogP contribution in [0.2, 0.25) is 5.02 Å². The van der Waals surface area contributed by atoms with E-state index >= 15 is 0 Å². The molecule has 0 saturated carbocycles. The fourth-order valence-electron chi connectivity index (χ4n) is 3.28. The number of nitrogens with two attached hydrogens (primary N) is 1. The van der Waals surface area contributed by atoms with Crippen LogP contribution in [0.5, 0.6) is 5.75 Å². The number of hydrogen-bond acceptors (Lipinski definition) is 7. The van der Waals surface area contributed by atoms with E-state index in [-0.39, 0.29) is 34.4 Å². The van der Waals surface area contributed by atoms with Gasteiger partial charge >= 0.3 is 5.97 Å². The average Bonchev–Trinajstić information content (AvgIpc) is 2.70. The normalized spacial score (nSPS) is 19.7. The topological polar surface area (TPSA) is 111 Å². The number of amides is 1. The maximum atomic E-state index is 12.7. The van der Waals surface area contributed by atoms with Gasteiger partial charge in [-0.3, -0.25) is 9.59 Å². The maximum absolute atomic E-state index is 12.7. The molecule has 28 heavy (non-hydrogen) atoms. The van der Waals surface area contributed by atoms with Crippen LogP contribution in [0.4, 0.5) is 5.69 Å². The Bertz CT molecular complexity index is 728. The SMILES string of the molecule is COC(=O)CCCN1CC[C@@H](NC(=O)c2cc(Cl)c(N)cc2OC)[C@@H](C=O)C1. The number of carbonyl (C=O) groups excluding carboxylic acids is 3. The molecule has 2 rings (SSSR count). The molecule has 1 aliphatic rings. The number of aldehydes is 1. The van der Waals surface area contributed by atoms with Gasteiger partial charge in [-0.25, -0.2) is 0 Å². The Morgan fingerprint density at radius 3 is 2.79 bits per heavy atom. The second-order valence-corrected chi connectivity index (χ2v) is 7.13. The largest absolute Gasteiger partial charge is 0.496 e. The molecule has 2 atom stereocenters. The summed E-state index contributed by atoms with van der Waals surface area (Å²) in [5, 5.41) is 3.17. The van der Waals surface area contributed by atoms with E-state index in [0.29, 0.717) is 43.8 Å². The molecule has 0 spiro atoms. The molecule has 0 aromatic heterocycles. The quantitative estimate of drug-likeness (QED) is 0.379. The van der Waals surface area contributed by atoms with Crippen molar-refractivity contribution in [3.05, 3.63) is 22.7 Å². The van der Waals surface area contributed by atoms with E-state index in [0.717, 1.165) is 12.8 Å².